The molecule has 0 spiro atoms. The lowest BCUT2D eigenvalue weighted by atomic mass is 9.95. The van der Waals surface area contributed by atoms with Crippen molar-refractivity contribution in [1.82, 2.24) is 20.6 Å². The molecular weight excluding hydrogens is 320 g/mol. The minimum atomic E-state index is -0.527. The van der Waals surface area contributed by atoms with Gasteiger partial charge in [0.1, 0.15) is 11.4 Å². The van der Waals surface area contributed by atoms with Crippen LogP contribution in [0.5, 0.6) is 0 Å². The lowest BCUT2D eigenvalue weighted by Gasteiger charge is -2.30. The second-order valence-electron chi connectivity index (χ2n) is 5.19. The summed E-state index contributed by atoms with van der Waals surface area (Å²) in [5.41, 5.74) is 3.51. The first kappa shape index (κ1) is 16.6. The average molecular weight is 338 g/mol. The molecule has 2 aromatic rings. The number of nitrogens with one attached hydrogen (secondary N) is 2. The van der Waals surface area contributed by atoms with Gasteiger partial charge in [0, 0.05) is 17.3 Å². The van der Waals surface area contributed by atoms with E-state index in [1.54, 1.807) is 21.8 Å². The quantitative estimate of drug-likeness (QED) is 0.811. The molecule has 8 heteroatoms. The van der Waals surface area contributed by atoms with Gasteiger partial charge in [-0.05, 0) is 13.3 Å². The minimum absolute atomic E-state index is 0.222. The molecule has 0 bridgehead atoms. The zero-order valence-electron chi connectivity index (χ0n) is 12.5. The molecule has 6 nitrogen and oxygen atoms in total. The first-order chi connectivity index (χ1) is 10.5. The number of amides is 2. The number of hydrogen-bond donors (Lipinski definition) is 2. The van der Waals surface area contributed by atoms with Crippen LogP contribution in [0.2, 0.25) is 0 Å². The normalized spacial score (nSPS) is 13.4. The summed E-state index contributed by atoms with van der Waals surface area (Å²) >= 11 is 2.75. The Hall–Kier alpha value is -1.80. The van der Waals surface area contributed by atoms with Crippen molar-refractivity contribution in [3.05, 3.63) is 33.2 Å². The van der Waals surface area contributed by atoms with E-state index in [2.05, 4.69) is 20.6 Å². The van der Waals surface area contributed by atoms with Gasteiger partial charge in [-0.2, -0.15) is 0 Å². The highest BCUT2D eigenvalue weighted by atomic mass is 32.1. The summed E-state index contributed by atoms with van der Waals surface area (Å²) in [6.45, 7) is 4.30. The maximum Gasteiger partial charge on any atom is 0.271 e. The molecule has 2 rings (SSSR count). The molecule has 118 valence electrons. The van der Waals surface area contributed by atoms with Gasteiger partial charge in [0.15, 0.2) is 0 Å². The van der Waals surface area contributed by atoms with Gasteiger partial charge in [0.2, 0.25) is 0 Å². The molecule has 0 aliphatic rings. The van der Waals surface area contributed by atoms with Crippen LogP contribution in [-0.2, 0) is 0 Å². The fourth-order valence-electron chi connectivity index (χ4n) is 2.10. The van der Waals surface area contributed by atoms with Crippen LogP contribution in [-0.4, -0.2) is 33.9 Å². The summed E-state index contributed by atoms with van der Waals surface area (Å²) in [6, 6.07) is 0. The van der Waals surface area contributed by atoms with Crippen LogP contribution in [0.1, 0.15) is 47.7 Å². The summed E-state index contributed by atoms with van der Waals surface area (Å²) in [5.74, 6) is -0.452. The Bertz CT molecular complexity index is 613. The predicted octanol–water partition coefficient (Wildman–Crippen LogP) is 2.32. The highest BCUT2D eigenvalue weighted by molar-refractivity contribution is 7.08. The van der Waals surface area contributed by atoms with Crippen LogP contribution >= 0.6 is 22.7 Å². The Morgan fingerprint density at radius 2 is 1.73 bits per heavy atom. The van der Waals surface area contributed by atoms with Gasteiger partial charge in [0.25, 0.3) is 11.8 Å². The topological polar surface area (TPSA) is 84.0 Å². The van der Waals surface area contributed by atoms with Crippen LogP contribution in [0, 0.1) is 0 Å². The molecular formula is C14H18N4O2S2. The zero-order chi connectivity index (χ0) is 16.0. The number of rotatable bonds is 7. The first-order valence-corrected chi connectivity index (χ1v) is 8.80. The highest BCUT2D eigenvalue weighted by Crippen LogP contribution is 2.13. The summed E-state index contributed by atoms with van der Waals surface area (Å²) in [6.07, 6.45) is 1.64. The van der Waals surface area contributed by atoms with E-state index in [0.717, 1.165) is 12.8 Å². The molecule has 2 heterocycles. The standard InChI is InChI=1S/C14H18N4O2S2/c1-3-4-14(2,18-13(20)11-6-22-9-17-11)7-15-12(19)10-5-21-8-16-10/h5-6,8-9H,3-4,7H2,1-2H3,(H,15,19)(H,18,20)/t14-/m0/s1. The monoisotopic (exact) mass is 338 g/mol. The van der Waals surface area contributed by atoms with Crippen LogP contribution in [0.25, 0.3) is 0 Å². The van der Waals surface area contributed by atoms with Gasteiger partial charge >= 0.3 is 0 Å². The van der Waals surface area contributed by atoms with Gasteiger partial charge < -0.3 is 10.6 Å². The van der Waals surface area contributed by atoms with E-state index >= 15 is 0 Å². The molecule has 2 aromatic heterocycles. The minimum Gasteiger partial charge on any atom is -0.348 e. The van der Waals surface area contributed by atoms with Crippen LogP contribution in [0.4, 0.5) is 0 Å². The number of aromatic nitrogens is 2. The van der Waals surface area contributed by atoms with E-state index in [0.29, 0.717) is 17.9 Å². The fraction of sp³-hybridized carbons (Fsp3) is 0.429. The fourth-order valence-corrected chi connectivity index (χ4v) is 3.16. The molecule has 2 N–H and O–H groups in total. The maximum atomic E-state index is 12.2. The largest absolute Gasteiger partial charge is 0.348 e. The Morgan fingerprint density at radius 3 is 2.23 bits per heavy atom. The van der Waals surface area contributed by atoms with Gasteiger partial charge in [-0.25, -0.2) is 9.97 Å². The Kier molecular flexibility index (Phi) is 5.62. The predicted molar refractivity (Wildman–Crippen MR) is 87.3 cm³/mol. The van der Waals surface area contributed by atoms with E-state index < -0.39 is 5.54 Å². The van der Waals surface area contributed by atoms with Crippen molar-refractivity contribution in [1.29, 1.82) is 0 Å². The molecule has 0 saturated carbocycles. The summed E-state index contributed by atoms with van der Waals surface area (Å²) < 4.78 is 0. The van der Waals surface area contributed by atoms with Crippen molar-refractivity contribution < 1.29 is 9.59 Å². The molecule has 0 unspecified atom stereocenters. The molecule has 22 heavy (non-hydrogen) atoms. The van der Waals surface area contributed by atoms with E-state index in [-0.39, 0.29) is 11.8 Å². The highest BCUT2D eigenvalue weighted by Gasteiger charge is 2.27. The number of thiazole rings is 2. The van der Waals surface area contributed by atoms with Gasteiger partial charge in [-0.15, -0.1) is 22.7 Å². The van der Waals surface area contributed by atoms with Crippen molar-refractivity contribution in [2.45, 2.75) is 32.2 Å². The van der Waals surface area contributed by atoms with Gasteiger partial charge in [0.05, 0.1) is 16.6 Å². The Balaban J connectivity index is 1.98. The Labute approximate surface area is 137 Å². The van der Waals surface area contributed by atoms with Crippen LogP contribution in [0.3, 0.4) is 0 Å². The number of nitrogens with zero attached hydrogens (tertiary/aromatic N) is 2. The summed E-state index contributed by atoms with van der Waals surface area (Å²) in [4.78, 5) is 32.1. The number of carbonyl (C=O) groups is 2. The molecule has 0 aromatic carbocycles. The van der Waals surface area contributed by atoms with E-state index in [1.165, 1.54) is 22.7 Å². The lowest BCUT2D eigenvalue weighted by molar-refractivity contribution is 0.0863. The van der Waals surface area contributed by atoms with Crippen molar-refractivity contribution in [3.8, 4) is 0 Å². The molecule has 0 fully saturated rings. The molecule has 0 aliphatic carbocycles. The van der Waals surface area contributed by atoms with Crippen molar-refractivity contribution in [3.63, 3.8) is 0 Å². The number of hydrogen-bond acceptors (Lipinski definition) is 6. The Morgan fingerprint density at radius 1 is 1.14 bits per heavy atom. The molecule has 0 saturated heterocycles. The molecule has 2 amide bonds. The van der Waals surface area contributed by atoms with E-state index in [1.807, 2.05) is 13.8 Å². The maximum absolute atomic E-state index is 12.2. The average Bonchev–Trinajstić information content (AvgIpc) is 3.17. The molecule has 1 atom stereocenters. The zero-order valence-corrected chi connectivity index (χ0v) is 14.1. The smallest absolute Gasteiger partial charge is 0.271 e. The molecule has 0 aliphatic heterocycles. The molecule has 0 radical (unpaired) electrons. The van der Waals surface area contributed by atoms with Crippen molar-refractivity contribution >= 4 is 34.5 Å². The van der Waals surface area contributed by atoms with Gasteiger partial charge in [-0.1, -0.05) is 13.3 Å². The summed E-state index contributed by atoms with van der Waals surface area (Å²) in [7, 11) is 0. The second kappa shape index (κ2) is 7.46. The van der Waals surface area contributed by atoms with Crippen molar-refractivity contribution in [2.24, 2.45) is 0 Å². The summed E-state index contributed by atoms with van der Waals surface area (Å²) in [5, 5.41) is 9.20. The second-order valence-corrected chi connectivity index (χ2v) is 6.63. The third-order valence-corrected chi connectivity index (χ3v) is 4.36. The van der Waals surface area contributed by atoms with Crippen LogP contribution < -0.4 is 10.6 Å². The van der Waals surface area contributed by atoms with Crippen LogP contribution in [0.15, 0.2) is 21.8 Å². The van der Waals surface area contributed by atoms with E-state index in [4.69, 9.17) is 0 Å². The van der Waals surface area contributed by atoms with Crippen molar-refractivity contribution in [2.75, 3.05) is 6.54 Å². The van der Waals surface area contributed by atoms with E-state index in [9.17, 15) is 9.59 Å². The lowest BCUT2D eigenvalue weighted by Crippen LogP contribution is -2.53. The third-order valence-electron chi connectivity index (χ3n) is 3.19. The SMILES string of the molecule is CCC[C@@](C)(CNC(=O)c1cscn1)NC(=O)c1cscn1. The first-order valence-electron chi connectivity index (χ1n) is 6.91. The number of carbonyl (C=O) groups excluding carboxylic acids is 2. The van der Waals surface area contributed by atoms with Gasteiger partial charge in [-0.3, -0.25) is 9.59 Å². The third kappa shape index (κ3) is 4.35.